The fourth-order valence-corrected chi connectivity index (χ4v) is 2.89. The Morgan fingerprint density at radius 1 is 1.00 bits per heavy atom. The first-order valence-electron chi connectivity index (χ1n) is 9.64. The molecule has 0 aromatic heterocycles. The molecule has 0 aliphatic rings. The van der Waals surface area contributed by atoms with E-state index in [2.05, 4.69) is 17.2 Å². The van der Waals surface area contributed by atoms with Gasteiger partial charge in [-0.3, -0.25) is 19.6 Å². The Hall–Kier alpha value is -3.71. The highest BCUT2D eigenvalue weighted by molar-refractivity contribution is 6.12. The molecule has 5 N–H and O–H groups in total. The molecule has 9 nitrogen and oxygen atoms in total. The van der Waals surface area contributed by atoms with Crippen LogP contribution in [-0.4, -0.2) is 64.3 Å². The van der Waals surface area contributed by atoms with Crippen molar-refractivity contribution in [2.24, 2.45) is 0 Å². The number of likely N-dealkylation sites (N-methyl/N-ethyl adjacent to an activating group) is 2. The summed E-state index contributed by atoms with van der Waals surface area (Å²) in [6, 6.07) is 13.1. The molecule has 0 aliphatic carbocycles. The summed E-state index contributed by atoms with van der Waals surface area (Å²) < 4.78 is 0. The molecule has 0 heterocycles. The van der Waals surface area contributed by atoms with E-state index >= 15 is 0 Å². The van der Waals surface area contributed by atoms with E-state index in [1.807, 2.05) is 0 Å². The van der Waals surface area contributed by atoms with Gasteiger partial charge in [0.15, 0.2) is 5.54 Å². The van der Waals surface area contributed by atoms with Gasteiger partial charge in [0.1, 0.15) is 6.10 Å². The summed E-state index contributed by atoms with van der Waals surface area (Å²) in [6.07, 6.45) is -0.936. The molecule has 0 aliphatic heterocycles. The highest BCUT2D eigenvalue weighted by Gasteiger charge is 2.47. The number of nitrogens with one attached hydrogen (secondary N) is 2. The number of hydroxylamine groups is 1. The Kier molecular flexibility index (Phi) is 8.09. The lowest BCUT2D eigenvalue weighted by Gasteiger charge is -2.34. The van der Waals surface area contributed by atoms with Crippen LogP contribution in [0.5, 0.6) is 0 Å². The summed E-state index contributed by atoms with van der Waals surface area (Å²) in [5.74, 6) is 3.51. The predicted molar refractivity (Wildman–Crippen MR) is 115 cm³/mol. The van der Waals surface area contributed by atoms with Gasteiger partial charge >= 0.3 is 0 Å². The molecule has 0 radical (unpaired) electrons. The van der Waals surface area contributed by atoms with Crippen molar-refractivity contribution in [1.29, 1.82) is 0 Å². The van der Waals surface area contributed by atoms with Crippen LogP contribution in [0.4, 0.5) is 0 Å². The van der Waals surface area contributed by atoms with Crippen LogP contribution >= 0.6 is 0 Å². The van der Waals surface area contributed by atoms with Crippen molar-refractivity contribution in [2.45, 2.75) is 18.6 Å². The maximum Gasteiger partial charge on any atom is 0.278 e. The van der Waals surface area contributed by atoms with E-state index < -0.39 is 29.4 Å². The van der Waals surface area contributed by atoms with Crippen molar-refractivity contribution in [2.75, 3.05) is 20.7 Å². The number of amides is 3. The average Bonchev–Trinajstić information content (AvgIpc) is 2.85. The molecule has 2 aromatic carbocycles. The van der Waals surface area contributed by atoms with E-state index in [9.17, 15) is 19.5 Å². The Bertz CT molecular complexity index is 1020. The topological polar surface area (TPSA) is 139 Å². The van der Waals surface area contributed by atoms with Gasteiger partial charge in [-0.2, -0.15) is 0 Å². The van der Waals surface area contributed by atoms with E-state index in [1.54, 1.807) is 36.4 Å². The Labute approximate surface area is 185 Å². The second kappa shape index (κ2) is 10.5. The molecule has 3 amide bonds. The fraction of sp³-hybridized carbons (Fsp3) is 0.261. The van der Waals surface area contributed by atoms with E-state index in [0.29, 0.717) is 16.7 Å². The average molecular weight is 439 g/mol. The van der Waals surface area contributed by atoms with Crippen LogP contribution in [0.15, 0.2) is 48.5 Å². The Morgan fingerprint density at radius 2 is 1.50 bits per heavy atom. The van der Waals surface area contributed by atoms with Gasteiger partial charge in [0.2, 0.25) is 0 Å². The van der Waals surface area contributed by atoms with Gasteiger partial charge in [-0.1, -0.05) is 24.0 Å². The summed E-state index contributed by atoms with van der Waals surface area (Å²) in [5.41, 5.74) is 1.61. The number of carbonyl (C=O) groups excluding carboxylic acids is 3. The van der Waals surface area contributed by atoms with E-state index in [4.69, 9.17) is 10.3 Å². The van der Waals surface area contributed by atoms with Gasteiger partial charge in [-0.05, 0) is 48.9 Å². The molecule has 0 unspecified atom stereocenters. The number of hydrogen-bond donors (Lipinski definition) is 5. The molecule has 2 atom stereocenters. The second-order valence-electron chi connectivity index (χ2n) is 7.10. The standard InChI is InChI=1S/C23H25N3O6/c1-23(21(30)24-2,22(31)25-32)26(3)20(29)18-12-8-16(9-13-18)5-4-15-6-10-17(11-7-15)19(28)14-27/h6-13,19,27-28,32H,14H2,1-3H3,(H,24,30)(H,25,31)/t19-,23-/m0/s1. The molecule has 2 rings (SSSR count). The number of rotatable bonds is 6. The Balaban J connectivity index is 2.20. The van der Waals surface area contributed by atoms with E-state index in [-0.39, 0.29) is 12.2 Å². The molecule has 32 heavy (non-hydrogen) atoms. The number of carbonyl (C=O) groups is 3. The molecular weight excluding hydrogens is 414 g/mol. The third kappa shape index (κ3) is 5.12. The van der Waals surface area contributed by atoms with Crippen molar-refractivity contribution in [3.8, 4) is 11.8 Å². The quantitative estimate of drug-likeness (QED) is 0.189. The monoisotopic (exact) mass is 439 g/mol. The van der Waals surface area contributed by atoms with Gasteiger partial charge in [0, 0.05) is 30.8 Å². The first-order valence-corrected chi connectivity index (χ1v) is 9.64. The SMILES string of the molecule is CNC(=O)[C@@](C)(C(=O)NO)N(C)C(=O)c1ccc(C#Cc2ccc([C@@H](O)CO)cc2)cc1. The highest BCUT2D eigenvalue weighted by Crippen LogP contribution is 2.18. The number of nitrogens with zero attached hydrogens (tertiary/aromatic N) is 1. The smallest absolute Gasteiger partial charge is 0.278 e. The summed E-state index contributed by atoms with van der Waals surface area (Å²) in [5, 5.41) is 29.9. The van der Waals surface area contributed by atoms with Crippen molar-refractivity contribution < 1.29 is 29.8 Å². The third-order valence-electron chi connectivity index (χ3n) is 5.14. The van der Waals surface area contributed by atoms with Crippen LogP contribution in [0.1, 0.15) is 40.1 Å². The van der Waals surface area contributed by atoms with Gasteiger partial charge in [0.25, 0.3) is 17.7 Å². The maximum atomic E-state index is 12.8. The van der Waals surface area contributed by atoms with Crippen LogP contribution in [-0.2, 0) is 9.59 Å². The molecule has 0 bridgehead atoms. The van der Waals surface area contributed by atoms with Gasteiger partial charge < -0.3 is 20.4 Å². The number of benzene rings is 2. The molecular formula is C23H25N3O6. The van der Waals surface area contributed by atoms with Crippen molar-refractivity contribution in [3.05, 3.63) is 70.8 Å². The summed E-state index contributed by atoms with van der Waals surface area (Å²) in [6.45, 7) is 0.859. The highest BCUT2D eigenvalue weighted by atomic mass is 16.5. The molecule has 0 saturated carbocycles. The fourth-order valence-electron chi connectivity index (χ4n) is 2.89. The lowest BCUT2D eigenvalue weighted by Crippen LogP contribution is -2.64. The first-order chi connectivity index (χ1) is 15.2. The van der Waals surface area contributed by atoms with Crippen LogP contribution in [0.3, 0.4) is 0 Å². The van der Waals surface area contributed by atoms with Crippen molar-refractivity contribution in [1.82, 2.24) is 15.7 Å². The molecule has 0 fully saturated rings. The van der Waals surface area contributed by atoms with E-state index in [0.717, 1.165) is 4.90 Å². The predicted octanol–water partition coefficient (Wildman–Crippen LogP) is 0.194. The number of hydrogen-bond acceptors (Lipinski definition) is 6. The van der Waals surface area contributed by atoms with Crippen LogP contribution in [0, 0.1) is 11.8 Å². The summed E-state index contributed by atoms with van der Waals surface area (Å²) in [4.78, 5) is 38.1. The van der Waals surface area contributed by atoms with Gasteiger partial charge in [-0.15, -0.1) is 0 Å². The molecule has 2 aromatic rings. The lowest BCUT2D eigenvalue weighted by atomic mass is 9.96. The second-order valence-corrected chi connectivity index (χ2v) is 7.10. The normalized spacial score (nSPS) is 13.1. The van der Waals surface area contributed by atoms with E-state index in [1.165, 1.54) is 38.6 Å². The molecule has 168 valence electrons. The van der Waals surface area contributed by atoms with Crippen molar-refractivity contribution >= 4 is 17.7 Å². The number of aliphatic hydroxyl groups is 2. The lowest BCUT2D eigenvalue weighted by molar-refractivity contribution is -0.148. The van der Waals surface area contributed by atoms with Crippen LogP contribution < -0.4 is 10.8 Å². The minimum absolute atomic E-state index is 0.223. The first kappa shape index (κ1) is 24.6. The van der Waals surface area contributed by atoms with Gasteiger partial charge in [-0.25, -0.2) is 5.48 Å². The van der Waals surface area contributed by atoms with Crippen LogP contribution in [0.25, 0.3) is 0 Å². The maximum absolute atomic E-state index is 12.8. The van der Waals surface area contributed by atoms with Gasteiger partial charge in [0.05, 0.1) is 6.61 Å². The molecule has 0 spiro atoms. The zero-order chi connectivity index (χ0) is 23.9. The third-order valence-corrected chi connectivity index (χ3v) is 5.14. The zero-order valence-corrected chi connectivity index (χ0v) is 17.9. The summed E-state index contributed by atoms with van der Waals surface area (Å²) in [7, 11) is 2.61. The largest absolute Gasteiger partial charge is 0.393 e. The number of aliphatic hydroxyl groups excluding tert-OH is 2. The van der Waals surface area contributed by atoms with Crippen LogP contribution in [0.2, 0.25) is 0 Å². The zero-order valence-electron chi connectivity index (χ0n) is 17.9. The molecule has 0 saturated heterocycles. The minimum atomic E-state index is -1.96. The molecule has 9 heteroatoms. The minimum Gasteiger partial charge on any atom is -0.393 e. The Morgan fingerprint density at radius 3 is 1.94 bits per heavy atom. The summed E-state index contributed by atoms with van der Waals surface area (Å²) >= 11 is 0. The van der Waals surface area contributed by atoms with Crippen molar-refractivity contribution in [3.63, 3.8) is 0 Å².